The van der Waals surface area contributed by atoms with Gasteiger partial charge >= 0.3 is 0 Å². The Morgan fingerprint density at radius 1 is 1.20 bits per heavy atom. The van der Waals surface area contributed by atoms with Crippen LogP contribution in [-0.2, 0) is 11.2 Å². The van der Waals surface area contributed by atoms with Crippen LogP contribution >= 0.6 is 0 Å². The summed E-state index contributed by atoms with van der Waals surface area (Å²) in [6.07, 6.45) is 5.00. The predicted octanol–water partition coefficient (Wildman–Crippen LogP) is 3.17. The van der Waals surface area contributed by atoms with Crippen LogP contribution in [0.1, 0.15) is 38.7 Å². The highest BCUT2D eigenvalue weighted by atomic mass is 16.5. The van der Waals surface area contributed by atoms with Gasteiger partial charge in [0.25, 0.3) is 0 Å². The molecule has 0 radical (unpaired) electrons. The Labute approximate surface area is 122 Å². The van der Waals surface area contributed by atoms with Gasteiger partial charge in [0.2, 0.25) is 0 Å². The van der Waals surface area contributed by atoms with Crippen LogP contribution in [0.25, 0.3) is 0 Å². The molecular weight excluding hydrogens is 250 g/mol. The van der Waals surface area contributed by atoms with Gasteiger partial charge in [-0.15, -0.1) is 0 Å². The van der Waals surface area contributed by atoms with Gasteiger partial charge in [-0.05, 0) is 44.5 Å². The lowest BCUT2D eigenvalue weighted by Gasteiger charge is -2.43. The molecule has 2 rings (SSSR count). The van der Waals surface area contributed by atoms with Crippen LogP contribution in [0.15, 0.2) is 24.3 Å². The van der Waals surface area contributed by atoms with Crippen molar-refractivity contribution in [2.45, 2.75) is 57.8 Å². The fourth-order valence-corrected chi connectivity index (χ4v) is 2.69. The molecule has 0 heterocycles. The van der Waals surface area contributed by atoms with Gasteiger partial charge in [-0.25, -0.2) is 0 Å². The molecular formula is C17H27NO2. The van der Waals surface area contributed by atoms with E-state index in [4.69, 9.17) is 9.47 Å². The van der Waals surface area contributed by atoms with Crippen LogP contribution in [0.4, 0.5) is 0 Å². The van der Waals surface area contributed by atoms with Gasteiger partial charge in [0.1, 0.15) is 18.0 Å². The van der Waals surface area contributed by atoms with Crippen LogP contribution in [0.5, 0.6) is 5.75 Å². The average Bonchev–Trinajstić information content (AvgIpc) is 2.47. The zero-order valence-corrected chi connectivity index (χ0v) is 12.9. The third-order valence-corrected chi connectivity index (χ3v) is 4.01. The quantitative estimate of drug-likeness (QED) is 0.791. The number of hydrogen-bond acceptors (Lipinski definition) is 3. The van der Waals surface area contributed by atoms with E-state index < -0.39 is 0 Å². The second kappa shape index (κ2) is 7.65. The van der Waals surface area contributed by atoms with Gasteiger partial charge < -0.3 is 14.8 Å². The van der Waals surface area contributed by atoms with Crippen molar-refractivity contribution in [1.82, 2.24) is 5.32 Å². The largest absolute Gasteiger partial charge is 0.488 e. The molecule has 0 aromatic heterocycles. The lowest BCUT2D eigenvalue weighted by atomic mass is 9.85. The topological polar surface area (TPSA) is 30.5 Å². The summed E-state index contributed by atoms with van der Waals surface area (Å²) in [4.78, 5) is 0. The van der Waals surface area contributed by atoms with Gasteiger partial charge in [-0.2, -0.15) is 0 Å². The Bertz CT molecular complexity index is 390. The van der Waals surface area contributed by atoms with Gasteiger partial charge in [0.05, 0.1) is 0 Å². The molecule has 0 bridgehead atoms. The molecule has 1 aromatic carbocycles. The smallest absolute Gasteiger partial charge is 0.128 e. The molecule has 1 fully saturated rings. The highest BCUT2D eigenvalue weighted by Gasteiger charge is 2.42. The van der Waals surface area contributed by atoms with Crippen LogP contribution in [0, 0.1) is 0 Å². The number of hydrogen-bond donors (Lipinski definition) is 1. The molecule has 0 saturated heterocycles. The number of benzene rings is 1. The van der Waals surface area contributed by atoms with Crippen molar-refractivity contribution in [2.75, 3.05) is 13.7 Å². The van der Waals surface area contributed by atoms with E-state index in [-0.39, 0.29) is 12.2 Å². The zero-order chi connectivity index (χ0) is 14.4. The van der Waals surface area contributed by atoms with Gasteiger partial charge in [-0.3, -0.25) is 0 Å². The summed E-state index contributed by atoms with van der Waals surface area (Å²) in [5, 5.41) is 3.28. The molecule has 1 N–H and O–H groups in total. The van der Waals surface area contributed by atoms with E-state index in [0.29, 0.717) is 6.04 Å². The van der Waals surface area contributed by atoms with Crippen molar-refractivity contribution >= 4 is 0 Å². The number of nitrogens with one attached hydrogen (secondary N) is 1. The number of aryl methyl sites for hydroxylation is 1. The lowest BCUT2D eigenvalue weighted by molar-refractivity contribution is -0.103. The van der Waals surface area contributed by atoms with Crippen molar-refractivity contribution in [3.8, 4) is 5.75 Å². The van der Waals surface area contributed by atoms with Gasteiger partial charge in [0, 0.05) is 19.1 Å². The summed E-state index contributed by atoms with van der Waals surface area (Å²) in [7, 11) is 1.98. The number of unbranched alkanes of at least 4 members (excludes halogenated alkanes) is 1. The molecule has 1 aliphatic carbocycles. The fraction of sp³-hybridized carbons (Fsp3) is 0.647. The highest BCUT2D eigenvalue weighted by molar-refractivity contribution is 5.28. The van der Waals surface area contributed by atoms with Crippen molar-refractivity contribution in [3.63, 3.8) is 0 Å². The maximum absolute atomic E-state index is 6.04. The van der Waals surface area contributed by atoms with E-state index >= 15 is 0 Å². The van der Waals surface area contributed by atoms with Crippen LogP contribution in [0.2, 0.25) is 0 Å². The van der Waals surface area contributed by atoms with E-state index in [0.717, 1.165) is 25.2 Å². The number of ether oxygens (including phenoxy) is 2. The summed E-state index contributed by atoms with van der Waals surface area (Å²) in [6.45, 7) is 4.99. The summed E-state index contributed by atoms with van der Waals surface area (Å²) in [5.74, 6) is 0.953. The molecule has 112 valence electrons. The van der Waals surface area contributed by atoms with Crippen LogP contribution < -0.4 is 10.1 Å². The molecule has 20 heavy (non-hydrogen) atoms. The fourth-order valence-electron chi connectivity index (χ4n) is 2.69. The van der Waals surface area contributed by atoms with Crippen molar-refractivity contribution < 1.29 is 9.47 Å². The molecule has 0 aliphatic heterocycles. The minimum Gasteiger partial charge on any atom is -0.488 e. The maximum Gasteiger partial charge on any atom is 0.128 e. The lowest BCUT2D eigenvalue weighted by Crippen LogP contribution is -2.60. The Hall–Kier alpha value is -1.06. The normalized spacial score (nSPS) is 25.2. The van der Waals surface area contributed by atoms with E-state index in [2.05, 4.69) is 36.5 Å². The molecule has 0 spiro atoms. The van der Waals surface area contributed by atoms with Crippen molar-refractivity contribution in [2.24, 2.45) is 0 Å². The Balaban J connectivity index is 1.86. The monoisotopic (exact) mass is 277 g/mol. The van der Waals surface area contributed by atoms with E-state index in [1.165, 1.54) is 18.4 Å². The minimum atomic E-state index is 0.171. The molecule has 1 saturated carbocycles. The Kier molecular flexibility index (Phi) is 5.86. The van der Waals surface area contributed by atoms with E-state index in [1.54, 1.807) is 0 Å². The first-order chi connectivity index (χ1) is 9.78. The summed E-state index contributed by atoms with van der Waals surface area (Å²) in [5.41, 5.74) is 1.39. The zero-order valence-electron chi connectivity index (χ0n) is 12.9. The SMILES string of the molecule is CCCCc1ccc(OC2CC(NC)C2OCC)cc1. The van der Waals surface area contributed by atoms with E-state index in [9.17, 15) is 0 Å². The molecule has 1 aromatic rings. The second-order valence-corrected chi connectivity index (χ2v) is 5.45. The molecule has 3 nitrogen and oxygen atoms in total. The number of likely N-dealkylation sites (N-methyl/N-ethyl adjacent to an activating group) is 1. The van der Waals surface area contributed by atoms with Gasteiger partial charge in [-0.1, -0.05) is 25.5 Å². The third kappa shape index (κ3) is 3.74. The second-order valence-electron chi connectivity index (χ2n) is 5.45. The maximum atomic E-state index is 6.04. The molecule has 3 atom stereocenters. The first-order valence-corrected chi connectivity index (χ1v) is 7.83. The average molecular weight is 277 g/mol. The highest BCUT2D eigenvalue weighted by Crippen LogP contribution is 2.29. The molecule has 1 aliphatic rings. The first kappa shape index (κ1) is 15.3. The van der Waals surface area contributed by atoms with Gasteiger partial charge in [0.15, 0.2) is 0 Å². The summed E-state index contributed by atoms with van der Waals surface area (Å²) >= 11 is 0. The standard InChI is InChI=1S/C17H27NO2/c1-4-6-7-13-8-10-14(11-9-13)20-16-12-15(18-3)17(16)19-5-2/h8-11,15-18H,4-7,12H2,1-3H3. The van der Waals surface area contributed by atoms with Crippen LogP contribution in [0.3, 0.4) is 0 Å². The first-order valence-electron chi connectivity index (χ1n) is 7.83. The summed E-state index contributed by atoms with van der Waals surface area (Å²) in [6, 6.07) is 8.94. The van der Waals surface area contributed by atoms with Crippen LogP contribution in [-0.4, -0.2) is 31.9 Å². The Morgan fingerprint density at radius 3 is 2.55 bits per heavy atom. The summed E-state index contributed by atoms with van der Waals surface area (Å²) < 4.78 is 11.8. The van der Waals surface area contributed by atoms with Crippen molar-refractivity contribution in [3.05, 3.63) is 29.8 Å². The molecule has 0 amide bonds. The predicted molar refractivity (Wildman–Crippen MR) is 82.3 cm³/mol. The Morgan fingerprint density at radius 2 is 1.95 bits per heavy atom. The van der Waals surface area contributed by atoms with E-state index in [1.807, 2.05) is 14.0 Å². The van der Waals surface area contributed by atoms with Crippen molar-refractivity contribution in [1.29, 1.82) is 0 Å². The molecule has 3 heteroatoms. The minimum absolute atomic E-state index is 0.171. The molecule has 3 unspecified atom stereocenters. The third-order valence-electron chi connectivity index (χ3n) is 4.01. The number of rotatable bonds is 8.